The Bertz CT molecular complexity index is 1190. The van der Waals surface area contributed by atoms with E-state index in [9.17, 15) is 9.59 Å². The van der Waals surface area contributed by atoms with E-state index < -0.39 is 0 Å². The second-order valence-corrected chi connectivity index (χ2v) is 8.58. The van der Waals surface area contributed by atoms with Crippen molar-refractivity contribution < 1.29 is 14.3 Å². The summed E-state index contributed by atoms with van der Waals surface area (Å²) in [6.45, 7) is 3.67. The molecule has 4 heterocycles. The molecular formula is C24H27N9O3. The molecule has 0 unspecified atom stereocenters. The maximum atomic E-state index is 12.6. The van der Waals surface area contributed by atoms with Crippen LogP contribution in [0.15, 0.2) is 48.9 Å². The summed E-state index contributed by atoms with van der Waals surface area (Å²) in [5.41, 5.74) is 1.41. The predicted octanol–water partition coefficient (Wildman–Crippen LogP) is 1.28. The fourth-order valence-corrected chi connectivity index (χ4v) is 4.22. The van der Waals surface area contributed by atoms with Crippen molar-refractivity contribution in [3.63, 3.8) is 0 Å². The normalized spacial score (nSPS) is 17.9. The van der Waals surface area contributed by atoms with Gasteiger partial charge in [0.05, 0.1) is 19.4 Å². The molecule has 36 heavy (non-hydrogen) atoms. The third-order valence-electron chi connectivity index (χ3n) is 6.06. The van der Waals surface area contributed by atoms with Gasteiger partial charge in [-0.05, 0) is 43.2 Å². The number of morpholine rings is 1. The first-order chi connectivity index (χ1) is 17.7. The molecule has 5 rings (SSSR count). The van der Waals surface area contributed by atoms with Crippen LogP contribution in [0.5, 0.6) is 0 Å². The summed E-state index contributed by atoms with van der Waals surface area (Å²) >= 11 is 0. The second-order valence-electron chi connectivity index (χ2n) is 8.58. The highest BCUT2D eigenvalue weighted by molar-refractivity contribution is 5.94. The van der Waals surface area contributed by atoms with Crippen LogP contribution in [0, 0.1) is 0 Å². The summed E-state index contributed by atoms with van der Waals surface area (Å²) in [4.78, 5) is 41.5. The first kappa shape index (κ1) is 23.5. The summed E-state index contributed by atoms with van der Waals surface area (Å²) in [5, 5.41) is 14.5. The van der Waals surface area contributed by atoms with Crippen LogP contribution in [0.4, 0.5) is 17.5 Å². The molecule has 3 aromatic rings. The molecule has 0 radical (unpaired) electrons. The molecule has 0 aliphatic carbocycles. The maximum absolute atomic E-state index is 12.6. The van der Waals surface area contributed by atoms with E-state index in [0.717, 1.165) is 25.1 Å². The van der Waals surface area contributed by atoms with Crippen molar-refractivity contribution in [2.45, 2.75) is 18.9 Å². The van der Waals surface area contributed by atoms with E-state index in [4.69, 9.17) is 4.74 Å². The van der Waals surface area contributed by atoms with Crippen LogP contribution >= 0.6 is 0 Å². The van der Waals surface area contributed by atoms with Crippen LogP contribution in [0.1, 0.15) is 33.8 Å². The Balaban J connectivity index is 1.20. The smallest absolute Gasteiger partial charge is 0.289 e. The zero-order chi connectivity index (χ0) is 24.7. The Morgan fingerprint density at radius 1 is 1.03 bits per heavy atom. The van der Waals surface area contributed by atoms with Gasteiger partial charge in [0.2, 0.25) is 11.8 Å². The molecule has 2 N–H and O–H groups in total. The van der Waals surface area contributed by atoms with Gasteiger partial charge in [0, 0.05) is 55.9 Å². The Kier molecular flexibility index (Phi) is 7.22. The third-order valence-corrected chi connectivity index (χ3v) is 6.06. The first-order valence-electron chi connectivity index (χ1n) is 11.9. The van der Waals surface area contributed by atoms with Gasteiger partial charge in [-0.2, -0.15) is 10.1 Å². The molecule has 12 nitrogen and oxygen atoms in total. The summed E-state index contributed by atoms with van der Waals surface area (Å²) < 4.78 is 5.32. The minimum absolute atomic E-state index is 0.00131. The number of hydrogen-bond acceptors (Lipinski definition) is 10. The molecule has 0 saturated carbocycles. The van der Waals surface area contributed by atoms with Crippen molar-refractivity contribution in [3.05, 3.63) is 60.3 Å². The highest BCUT2D eigenvalue weighted by atomic mass is 16.5. The van der Waals surface area contributed by atoms with Gasteiger partial charge < -0.3 is 25.2 Å². The average Bonchev–Trinajstić information content (AvgIpc) is 2.94. The number of carbonyl (C=O) groups excluding carboxylic acids is 2. The molecule has 2 aromatic heterocycles. The largest absolute Gasteiger partial charge is 0.378 e. The summed E-state index contributed by atoms with van der Waals surface area (Å²) in [7, 11) is 0. The number of ether oxygens (including phenoxy) is 1. The lowest BCUT2D eigenvalue weighted by Crippen LogP contribution is -2.48. The molecule has 186 valence electrons. The minimum atomic E-state index is -0.299. The number of piperidine rings is 1. The molecule has 1 atom stereocenters. The van der Waals surface area contributed by atoms with Crippen LogP contribution < -0.4 is 15.5 Å². The molecule has 2 amide bonds. The summed E-state index contributed by atoms with van der Waals surface area (Å²) in [6.07, 6.45) is 6.35. The monoisotopic (exact) mass is 489 g/mol. The number of anilines is 3. The molecule has 12 heteroatoms. The Morgan fingerprint density at radius 3 is 2.58 bits per heavy atom. The van der Waals surface area contributed by atoms with Crippen molar-refractivity contribution in [3.8, 4) is 0 Å². The van der Waals surface area contributed by atoms with Crippen molar-refractivity contribution >= 4 is 29.3 Å². The van der Waals surface area contributed by atoms with Gasteiger partial charge in [-0.3, -0.25) is 9.59 Å². The van der Waals surface area contributed by atoms with Crippen LogP contribution in [0.25, 0.3) is 0 Å². The number of benzene rings is 1. The topological polar surface area (TPSA) is 138 Å². The standard InChI is InChI=1S/C24H27N9O3/c34-22(21-25-8-2-9-26-21)29-19-3-1-10-33(16-19)24-30-20(15-27-31-24)28-18-6-4-17(5-7-18)23(35)32-11-13-36-14-12-32/h2,4-9,15,19H,1,3,10-14,16H2,(H,29,34)(H,28,30,31)/t19-/m1/s1. The van der Waals surface area contributed by atoms with Gasteiger partial charge in [0.15, 0.2) is 5.82 Å². The van der Waals surface area contributed by atoms with Crippen LogP contribution in [-0.2, 0) is 4.74 Å². The van der Waals surface area contributed by atoms with Crippen LogP contribution in [0.3, 0.4) is 0 Å². The second kappa shape index (κ2) is 11.0. The lowest BCUT2D eigenvalue weighted by Gasteiger charge is -2.32. The SMILES string of the molecule is O=C(N[C@@H]1CCCN(c2nncc(Nc3ccc(C(=O)N4CCOCC4)cc3)n2)C1)c1ncccn1. The van der Waals surface area contributed by atoms with Crippen molar-refractivity contribution in [1.29, 1.82) is 0 Å². The van der Waals surface area contributed by atoms with E-state index in [1.54, 1.807) is 41.7 Å². The fourth-order valence-electron chi connectivity index (χ4n) is 4.22. The van der Waals surface area contributed by atoms with E-state index in [2.05, 4.69) is 35.8 Å². The lowest BCUT2D eigenvalue weighted by atomic mass is 10.1. The summed E-state index contributed by atoms with van der Waals surface area (Å²) in [5.74, 6) is 0.871. The van der Waals surface area contributed by atoms with Gasteiger partial charge in [0.25, 0.3) is 11.8 Å². The van der Waals surface area contributed by atoms with E-state index in [1.807, 2.05) is 17.0 Å². The number of nitrogens with zero attached hydrogens (tertiary/aromatic N) is 7. The van der Waals surface area contributed by atoms with Gasteiger partial charge in [-0.25, -0.2) is 9.97 Å². The van der Waals surface area contributed by atoms with Crippen molar-refractivity contribution in [2.75, 3.05) is 49.6 Å². The van der Waals surface area contributed by atoms with E-state index in [-0.39, 0.29) is 23.7 Å². The summed E-state index contributed by atoms with van der Waals surface area (Å²) in [6, 6.07) is 8.87. The van der Waals surface area contributed by atoms with E-state index >= 15 is 0 Å². The number of nitrogens with one attached hydrogen (secondary N) is 2. The molecule has 2 aliphatic heterocycles. The fraction of sp³-hybridized carbons (Fsp3) is 0.375. The molecule has 0 spiro atoms. The Hall–Kier alpha value is -4.19. The first-order valence-corrected chi connectivity index (χ1v) is 11.9. The highest BCUT2D eigenvalue weighted by Crippen LogP contribution is 2.20. The molecule has 0 bridgehead atoms. The van der Waals surface area contributed by atoms with Gasteiger partial charge in [-0.1, -0.05) is 0 Å². The molecule has 2 fully saturated rings. The maximum Gasteiger partial charge on any atom is 0.289 e. The minimum Gasteiger partial charge on any atom is -0.378 e. The number of rotatable bonds is 6. The number of carbonyl (C=O) groups is 2. The molecular weight excluding hydrogens is 462 g/mol. The predicted molar refractivity (Wildman–Crippen MR) is 131 cm³/mol. The van der Waals surface area contributed by atoms with E-state index in [0.29, 0.717) is 50.2 Å². The van der Waals surface area contributed by atoms with Gasteiger partial charge >= 0.3 is 0 Å². The lowest BCUT2D eigenvalue weighted by molar-refractivity contribution is 0.0303. The molecule has 2 saturated heterocycles. The highest BCUT2D eigenvalue weighted by Gasteiger charge is 2.25. The zero-order valence-corrected chi connectivity index (χ0v) is 19.7. The Morgan fingerprint density at radius 2 is 1.81 bits per heavy atom. The number of hydrogen-bond donors (Lipinski definition) is 2. The van der Waals surface area contributed by atoms with Gasteiger partial charge in [0.1, 0.15) is 0 Å². The zero-order valence-electron chi connectivity index (χ0n) is 19.7. The molecule has 2 aliphatic rings. The van der Waals surface area contributed by atoms with Crippen molar-refractivity contribution in [2.24, 2.45) is 0 Å². The van der Waals surface area contributed by atoms with Gasteiger partial charge in [-0.15, -0.1) is 5.10 Å². The third kappa shape index (κ3) is 5.71. The van der Waals surface area contributed by atoms with Crippen molar-refractivity contribution in [1.82, 2.24) is 35.4 Å². The average molecular weight is 490 g/mol. The van der Waals surface area contributed by atoms with Crippen LogP contribution in [-0.4, -0.2) is 87.3 Å². The molecule has 1 aromatic carbocycles. The number of aromatic nitrogens is 5. The quantitative estimate of drug-likeness (QED) is 0.520. The van der Waals surface area contributed by atoms with Crippen LogP contribution in [0.2, 0.25) is 0 Å². The Labute approximate surface area is 208 Å². The van der Waals surface area contributed by atoms with E-state index in [1.165, 1.54) is 0 Å². The number of amides is 2.